The molecule has 0 aliphatic rings. The summed E-state index contributed by atoms with van der Waals surface area (Å²) in [7, 11) is 0. The zero-order chi connectivity index (χ0) is 9.78. The zero-order valence-corrected chi connectivity index (χ0v) is 5.67. The maximum absolute atomic E-state index is 11.7. The van der Waals surface area contributed by atoms with Gasteiger partial charge in [-0.1, -0.05) is 0 Å². The maximum atomic E-state index is 11.7. The first kappa shape index (κ1) is 10.7. The van der Waals surface area contributed by atoms with Crippen molar-refractivity contribution >= 4 is 6.41 Å². The molecular weight excluding hydrogens is 181 g/mol. The van der Waals surface area contributed by atoms with Crippen molar-refractivity contribution < 1.29 is 22.9 Å². The number of halogens is 3. The summed E-state index contributed by atoms with van der Waals surface area (Å²) in [5.41, 5.74) is 0. The van der Waals surface area contributed by atoms with Gasteiger partial charge in [0.05, 0.1) is 0 Å². The van der Waals surface area contributed by atoms with Gasteiger partial charge in [0, 0.05) is 4.92 Å². The van der Waals surface area contributed by atoms with Gasteiger partial charge < -0.3 is 5.32 Å². The molecule has 5 nitrogen and oxygen atoms in total. The van der Waals surface area contributed by atoms with Crippen LogP contribution in [0, 0.1) is 10.1 Å². The lowest BCUT2D eigenvalue weighted by atomic mass is 10.3. The predicted octanol–water partition coefficient (Wildman–Crippen LogP) is -0.0600. The summed E-state index contributed by atoms with van der Waals surface area (Å²) in [4.78, 5) is 18.1. The van der Waals surface area contributed by atoms with Gasteiger partial charge in [0.15, 0.2) is 6.04 Å². The standard InChI is InChI=1S/C4H5F3N2O3/c5-4(6,7)3(8-2-10)1-9(11)12/h2-3H,1H2,(H,8,10)/t3-/m1/s1. The minimum atomic E-state index is -4.78. The molecule has 0 fully saturated rings. The Morgan fingerprint density at radius 1 is 1.58 bits per heavy atom. The van der Waals surface area contributed by atoms with Gasteiger partial charge in [0.2, 0.25) is 13.0 Å². The van der Waals surface area contributed by atoms with Gasteiger partial charge in [0.1, 0.15) is 0 Å². The summed E-state index contributed by atoms with van der Waals surface area (Å²) in [6.45, 7) is -1.36. The smallest absolute Gasteiger partial charge is 0.342 e. The maximum Gasteiger partial charge on any atom is 0.415 e. The Morgan fingerprint density at radius 3 is 2.33 bits per heavy atom. The van der Waals surface area contributed by atoms with Crippen molar-refractivity contribution in [3.05, 3.63) is 10.1 Å². The number of hydrogen-bond acceptors (Lipinski definition) is 3. The van der Waals surface area contributed by atoms with Crippen molar-refractivity contribution in [1.82, 2.24) is 5.32 Å². The van der Waals surface area contributed by atoms with E-state index in [4.69, 9.17) is 0 Å². The second-order valence-electron chi connectivity index (χ2n) is 1.89. The minimum absolute atomic E-state index is 0.221. The summed E-state index contributed by atoms with van der Waals surface area (Å²) in [5.74, 6) is 0. The molecule has 1 N–H and O–H groups in total. The molecule has 8 heteroatoms. The molecule has 0 aromatic rings. The monoisotopic (exact) mass is 186 g/mol. The van der Waals surface area contributed by atoms with E-state index >= 15 is 0 Å². The van der Waals surface area contributed by atoms with Gasteiger partial charge in [-0.2, -0.15) is 13.2 Å². The van der Waals surface area contributed by atoms with E-state index in [2.05, 4.69) is 0 Å². The second-order valence-corrected chi connectivity index (χ2v) is 1.89. The number of rotatable bonds is 4. The molecule has 0 saturated carbocycles. The van der Waals surface area contributed by atoms with Gasteiger partial charge in [-0.3, -0.25) is 14.9 Å². The molecule has 0 spiro atoms. The van der Waals surface area contributed by atoms with Gasteiger partial charge in [0.25, 0.3) is 0 Å². The van der Waals surface area contributed by atoms with Gasteiger partial charge in [-0.25, -0.2) is 0 Å². The van der Waals surface area contributed by atoms with Crippen molar-refractivity contribution in [3.63, 3.8) is 0 Å². The van der Waals surface area contributed by atoms with Crippen LogP contribution in [-0.2, 0) is 4.79 Å². The number of nitro groups is 1. The molecule has 0 aromatic carbocycles. The highest BCUT2D eigenvalue weighted by atomic mass is 19.4. The molecule has 0 rings (SSSR count). The SMILES string of the molecule is O=CN[C@H](C[N+](=O)[O-])C(F)(F)F. The molecule has 0 aromatic heterocycles. The van der Waals surface area contributed by atoms with Crippen molar-refractivity contribution in [2.45, 2.75) is 12.2 Å². The number of amides is 1. The van der Waals surface area contributed by atoms with Crippen LogP contribution < -0.4 is 5.32 Å². The topological polar surface area (TPSA) is 72.2 Å². The average molecular weight is 186 g/mol. The number of alkyl halides is 3. The first-order chi connectivity index (χ1) is 5.38. The fourth-order valence-electron chi connectivity index (χ4n) is 0.482. The van der Waals surface area contributed by atoms with Crippen LogP contribution >= 0.6 is 0 Å². The second kappa shape index (κ2) is 3.88. The Bertz CT molecular complexity index is 181. The van der Waals surface area contributed by atoms with E-state index in [-0.39, 0.29) is 6.41 Å². The van der Waals surface area contributed by atoms with Crippen molar-refractivity contribution in [2.24, 2.45) is 0 Å². The summed E-state index contributed by atoms with van der Waals surface area (Å²) in [6.07, 6.45) is -5.00. The summed E-state index contributed by atoms with van der Waals surface area (Å²) in [6, 6.07) is -2.41. The Balaban J connectivity index is 4.22. The third-order valence-electron chi connectivity index (χ3n) is 0.996. The lowest BCUT2D eigenvalue weighted by Gasteiger charge is -2.14. The van der Waals surface area contributed by atoms with Gasteiger partial charge >= 0.3 is 6.18 Å². The molecule has 1 atom stereocenters. The summed E-state index contributed by atoms with van der Waals surface area (Å²) >= 11 is 0. The summed E-state index contributed by atoms with van der Waals surface area (Å²) in [5, 5.41) is 11.0. The van der Waals surface area contributed by atoms with Crippen molar-refractivity contribution in [2.75, 3.05) is 6.54 Å². The quantitative estimate of drug-likeness (QED) is 0.379. The Kier molecular flexibility index (Phi) is 3.45. The minimum Gasteiger partial charge on any atom is -0.342 e. The first-order valence-electron chi connectivity index (χ1n) is 2.76. The summed E-state index contributed by atoms with van der Waals surface area (Å²) < 4.78 is 35.2. The normalized spacial score (nSPS) is 13.6. The lowest BCUT2D eigenvalue weighted by molar-refractivity contribution is -0.490. The molecule has 12 heavy (non-hydrogen) atoms. The van der Waals surface area contributed by atoms with E-state index in [1.165, 1.54) is 5.32 Å². The van der Waals surface area contributed by atoms with Crippen LogP contribution in [0.3, 0.4) is 0 Å². The number of hydrogen-bond donors (Lipinski definition) is 1. The number of carbonyl (C=O) groups is 1. The largest absolute Gasteiger partial charge is 0.415 e. The van der Waals surface area contributed by atoms with Crippen LogP contribution in [-0.4, -0.2) is 30.1 Å². The van der Waals surface area contributed by atoms with E-state index in [1.54, 1.807) is 0 Å². The predicted molar refractivity (Wildman–Crippen MR) is 30.9 cm³/mol. The molecule has 0 unspecified atom stereocenters. The Labute approximate surface area is 64.7 Å². The molecular formula is C4H5F3N2O3. The van der Waals surface area contributed by atoms with Crippen LogP contribution in [0.25, 0.3) is 0 Å². The van der Waals surface area contributed by atoms with E-state index in [0.717, 1.165) is 0 Å². The van der Waals surface area contributed by atoms with E-state index in [0.29, 0.717) is 0 Å². The highest BCUT2D eigenvalue weighted by molar-refractivity contribution is 5.46. The number of nitrogens with one attached hydrogen (secondary N) is 1. The first-order valence-corrected chi connectivity index (χ1v) is 2.76. The molecule has 0 saturated heterocycles. The van der Waals surface area contributed by atoms with Gasteiger partial charge in [-0.05, 0) is 0 Å². The molecule has 0 aliphatic carbocycles. The third kappa shape index (κ3) is 3.74. The van der Waals surface area contributed by atoms with E-state index in [1.807, 2.05) is 0 Å². The molecule has 0 bridgehead atoms. The van der Waals surface area contributed by atoms with Crippen LogP contribution in [0.5, 0.6) is 0 Å². The van der Waals surface area contributed by atoms with E-state index < -0.39 is 23.7 Å². The van der Waals surface area contributed by atoms with Crippen LogP contribution in [0.2, 0.25) is 0 Å². The molecule has 0 aliphatic heterocycles. The fraction of sp³-hybridized carbons (Fsp3) is 0.750. The Morgan fingerprint density at radius 2 is 2.08 bits per heavy atom. The highest BCUT2D eigenvalue weighted by Crippen LogP contribution is 2.19. The highest BCUT2D eigenvalue weighted by Gasteiger charge is 2.42. The molecule has 1 amide bonds. The fourth-order valence-corrected chi connectivity index (χ4v) is 0.482. The Hall–Kier alpha value is -1.34. The zero-order valence-electron chi connectivity index (χ0n) is 5.67. The lowest BCUT2D eigenvalue weighted by Crippen LogP contribution is -2.46. The molecule has 70 valence electrons. The van der Waals surface area contributed by atoms with Crippen LogP contribution in [0.15, 0.2) is 0 Å². The van der Waals surface area contributed by atoms with Crippen LogP contribution in [0.1, 0.15) is 0 Å². The molecule has 0 radical (unpaired) electrons. The van der Waals surface area contributed by atoms with E-state index in [9.17, 15) is 28.1 Å². The van der Waals surface area contributed by atoms with Crippen molar-refractivity contribution in [3.8, 4) is 0 Å². The van der Waals surface area contributed by atoms with Gasteiger partial charge in [-0.15, -0.1) is 0 Å². The average Bonchev–Trinajstić information content (AvgIpc) is 1.83. The molecule has 0 heterocycles. The number of carbonyl (C=O) groups excluding carboxylic acids is 1. The van der Waals surface area contributed by atoms with Crippen LogP contribution in [0.4, 0.5) is 13.2 Å². The third-order valence-corrected chi connectivity index (χ3v) is 0.996. The number of nitrogens with zero attached hydrogens (tertiary/aromatic N) is 1. The van der Waals surface area contributed by atoms with Crippen molar-refractivity contribution in [1.29, 1.82) is 0 Å².